The Kier molecular flexibility index (Phi) is 4.37. The van der Waals surface area contributed by atoms with E-state index in [1.54, 1.807) is 17.0 Å². The molecule has 1 fully saturated rings. The minimum atomic E-state index is -0.447. The Morgan fingerprint density at radius 2 is 1.75 bits per heavy atom. The van der Waals surface area contributed by atoms with Crippen molar-refractivity contribution < 1.29 is 19.1 Å². The summed E-state index contributed by atoms with van der Waals surface area (Å²) in [6.45, 7) is 6.49. The molecule has 2 aromatic rings. The number of carbonyl (C=O) groups excluding carboxylic acids is 2. The summed E-state index contributed by atoms with van der Waals surface area (Å²) in [5.74, 6) is 0.373. The highest BCUT2D eigenvalue weighted by Crippen LogP contribution is 2.39. The van der Waals surface area contributed by atoms with Gasteiger partial charge in [-0.3, -0.25) is 9.59 Å². The maximum absolute atomic E-state index is 12.8. The number of anilines is 3. The Bertz CT molecular complexity index is 963. The van der Waals surface area contributed by atoms with Crippen LogP contribution < -0.4 is 25.4 Å². The summed E-state index contributed by atoms with van der Waals surface area (Å²) < 4.78 is 10.6. The largest absolute Gasteiger partial charge is 0.454 e. The molecule has 2 aliphatic heterocycles. The number of nitrogens with two attached hydrogens (primary N) is 1. The maximum atomic E-state index is 12.8. The third-order valence-corrected chi connectivity index (χ3v) is 5.20. The lowest BCUT2D eigenvalue weighted by Crippen LogP contribution is -2.29. The Morgan fingerprint density at radius 1 is 1.11 bits per heavy atom. The van der Waals surface area contributed by atoms with Crippen LogP contribution in [0.2, 0.25) is 0 Å². The van der Waals surface area contributed by atoms with Crippen LogP contribution >= 0.6 is 0 Å². The molecule has 2 amide bonds. The molecule has 0 saturated carbocycles. The number of nitrogens with zero attached hydrogens (tertiary/aromatic N) is 1. The number of amides is 2. The highest BCUT2D eigenvalue weighted by Gasteiger charge is 2.36. The fraction of sp³-hybridized carbons (Fsp3) is 0.333. The lowest BCUT2D eigenvalue weighted by Gasteiger charge is -2.22. The molecule has 28 heavy (non-hydrogen) atoms. The van der Waals surface area contributed by atoms with Crippen molar-refractivity contribution in [2.24, 2.45) is 5.92 Å². The minimum Gasteiger partial charge on any atom is -0.454 e. The van der Waals surface area contributed by atoms with E-state index in [1.165, 1.54) is 0 Å². The topological polar surface area (TPSA) is 93.9 Å². The van der Waals surface area contributed by atoms with E-state index in [9.17, 15) is 9.59 Å². The summed E-state index contributed by atoms with van der Waals surface area (Å²) in [6, 6.07) is 7.38. The van der Waals surface area contributed by atoms with Crippen LogP contribution in [0.15, 0.2) is 24.3 Å². The third kappa shape index (κ3) is 3.13. The van der Waals surface area contributed by atoms with Crippen molar-refractivity contribution in [3.63, 3.8) is 0 Å². The first-order chi connectivity index (χ1) is 13.3. The first kappa shape index (κ1) is 18.2. The van der Waals surface area contributed by atoms with E-state index in [0.29, 0.717) is 29.4 Å². The summed E-state index contributed by atoms with van der Waals surface area (Å²) in [7, 11) is 0. The molecule has 0 radical (unpaired) electrons. The van der Waals surface area contributed by atoms with Gasteiger partial charge in [-0.05, 0) is 31.9 Å². The van der Waals surface area contributed by atoms with E-state index in [2.05, 4.69) is 17.4 Å². The van der Waals surface area contributed by atoms with Crippen molar-refractivity contribution in [2.45, 2.75) is 27.2 Å². The smallest absolute Gasteiger partial charge is 0.231 e. The molecule has 1 atom stereocenters. The number of hydrogen-bond acceptors (Lipinski definition) is 5. The third-order valence-electron chi connectivity index (χ3n) is 5.20. The van der Waals surface area contributed by atoms with Gasteiger partial charge >= 0.3 is 0 Å². The SMILES string of the molecule is Cc1cc(C)c(N2CC(C(=O)Nc3cc4c(cc3N)OCO4)CC2=O)c(C)c1. The van der Waals surface area contributed by atoms with Crippen molar-refractivity contribution in [3.05, 3.63) is 41.0 Å². The molecule has 3 N–H and O–H groups in total. The fourth-order valence-electron chi connectivity index (χ4n) is 4.00. The van der Waals surface area contributed by atoms with Gasteiger partial charge in [0.25, 0.3) is 0 Å². The highest BCUT2D eigenvalue weighted by atomic mass is 16.7. The zero-order valence-electron chi connectivity index (χ0n) is 16.2. The summed E-state index contributed by atoms with van der Waals surface area (Å²) in [6.07, 6.45) is 0.170. The van der Waals surface area contributed by atoms with E-state index in [4.69, 9.17) is 15.2 Å². The minimum absolute atomic E-state index is 0.0474. The molecule has 0 spiro atoms. The van der Waals surface area contributed by atoms with Crippen LogP contribution in [0, 0.1) is 26.7 Å². The van der Waals surface area contributed by atoms with Crippen LogP contribution in [0.5, 0.6) is 11.5 Å². The van der Waals surface area contributed by atoms with Crippen LogP contribution in [-0.4, -0.2) is 25.2 Å². The normalized spacial score (nSPS) is 17.9. The molecule has 7 nitrogen and oxygen atoms in total. The second-order valence-electron chi connectivity index (χ2n) is 7.43. The van der Waals surface area contributed by atoms with Crippen molar-refractivity contribution in [2.75, 3.05) is 29.3 Å². The molecular weight excluding hydrogens is 358 g/mol. The number of nitrogen functional groups attached to an aromatic ring is 1. The lowest BCUT2D eigenvalue weighted by molar-refractivity contribution is -0.122. The number of aryl methyl sites for hydroxylation is 3. The van der Waals surface area contributed by atoms with Gasteiger partial charge in [-0.15, -0.1) is 0 Å². The number of fused-ring (bicyclic) bond motifs is 1. The lowest BCUT2D eigenvalue weighted by atomic mass is 10.0. The summed E-state index contributed by atoms with van der Waals surface area (Å²) >= 11 is 0. The average Bonchev–Trinajstić information content (AvgIpc) is 3.21. The van der Waals surface area contributed by atoms with Crippen LogP contribution in [0.4, 0.5) is 17.1 Å². The number of hydrogen-bond donors (Lipinski definition) is 2. The van der Waals surface area contributed by atoms with E-state index >= 15 is 0 Å². The molecule has 0 aliphatic carbocycles. The summed E-state index contributed by atoms with van der Waals surface area (Å²) in [5.41, 5.74) is 11.0. The maximum Gasteiger partial charge on any atom is 0.231 e. The predicted molar refractivity (Wildman–Crippen MR) is 107 cm³/mol. The predicted octanol–water partition coefficient (Wildman–Crippen LogP) is 2.91. The molecule has 1 saturated heterocycles. The van der Waals surface area contributed by atoms with E-state index < -0.39 is 5.92 Å². The van der Waals surface area contributed by atoms with E-state index in [0.717, 1.165) is 22.4 Å². The number of ether oxygens (including phenoxy) is 2. The first-order valence-corrected chi connectivity index (χ1v) is 9.21. The number of benzene rings is 2. The van der Waals surface area contributed by atoms with Gasteiger partial charge in [-0.2, -0.15) is 0 Å². The van der Waals surface area contributed by atoms with Gasteiger partial charge in [0, 0.05) is 30.8 Å². The first-order valence-electron chi connectivity index (χ1n) is 9.21. The summed E-state index contributed by atoms with van der Waals surface area (Å²) in [4.78, 5) is 27.2. The fourth-order valence-corrected chi connectivity index (χ4v) is 4.00. The number of nitrogens with one attached hydrogen (secondary N) is 1. The van der Waals surface area contributed by atoms with Gasteiger partial charge in [-0.1, -0.05) is 17.7 Å². The number of carbonyl (C=O) groups is 2. The monoisotopic (exact) mass is 381 g/mol. The van der Waals surface area contributed by atoms with Crippen molar-refractivity contribution in [1.82, 2.24) is 0 Å². The highest BCUT2D eigenvalue weighted by molar-refractivity contribution is 6.05. The molecular formula is C21H23N3O4. The second-order valence-corrected chi connectivity index (χ2v) is 7.43. The van der Waals surface area contributed by atoms with E-state index in [-0.39, 0.29) is 25.0 Å². The Hall–Kier alpha value is -3.22. The number of rotatable bonds is 3. The molecule has 2 aromatic carbocycles. The molecule has 146 valence electrons. The Morgan fingerprint density at radius 3 is 2.43 bits per heavy atom. The molecule has 1 unspecified atom stereocenters. The van der Waals surface area contributed by atoms with Gasteiger partial charge in [-0.25, -0.2) is 0 Å². The Labute approximate surface area is 163 Å². The van der Waals surface area contributed by atoms with Crippen LogP contribution in [0.3, 0.4) is 0 Å². The van der Waals surface area contributed by atoms with Crippen molar-refractivity contribution in [1.29, 1.82) is 0 Å². The average molecular weight is 381 g/mol. The van der Waals surface area contributed by atoms with Gasteiger partial charge in [0.1, 0.15) is 0 Å². The molecule has 2 heterocycles. The van der Waals surface area contributed by atoms with Crippen LogP contribution in [0.25, 0.3) is 0 Å². The standard InChI is InChI=1S/C21H23N3O4/c1-11-4-12(2)20(13(3)5-11)24-9-14(6-19(24)25)21(26)23-16-8-18-17(7-15(16)22)27-10-28-18/h4-5,7-8,14H,6,9-10,22H2,1-3H3,(H,23,26). The molecule has 4 rings (SSSR count). The van der Waals surface area contributed by atoms with Gasteiger partial charge in [0.05, 0.1) is 17.3 Å². The van der Waals surface area contributed by atoms with Crippen molar-refractivity contribution >= 4 is 28.9 Å². The van der Waals surface area contributed by atoms with Crippen molar-refractivity contribution in [3.8, 4) is 11.5 Å². The summed E-state index contributed by atoms with van der Waals surface area (Å²) in [5, 5.41) is 2.83. The van der Waals surface area contributed by atoms with Gasteiger partial charge in [0.15, 0.2) is 11.5 Å². The second kappa shape index (κ2) is 6.74. The zero-order valence-corrected chi connectivity index (χ0v) is 16.2. The van der Waals surface area contributed by atoms with E-state index in [1.807, 2.05) is 20.8 Å². The van der Waals surface area contributed by atoms with Crippen LogP contribution in [0.1, 0.15) is 23.1 Å². The molecule has 7 heteroatoms. The quantitative estimate of drug-likeness (QED) is 0.798. The van der Waals surface area contributed by atoms with Gasteiger partial charge < -0.3 is 25.4 Å². The zero-order chi connectivity index (χ0) is 20.0. The molecule has 2 aliphatic rings. The molecule has 0 bridgehead atoms. The van der Waals surface area contributed by atoms with Gasteiger partial charge in [0.2, 0.25) is 18.6 Å². The van der Waals surface area contributed by atoms with Crippen LogP contribution in [-0.2, 0) is 9.59 Å². The molecule has 0 aromatic heterocycles. The Balaban J connectivity index is 1.52.